The molecule has 0 aliphatic rings. The molecule has 0 saturated heterocycles. The summed E-state index contributed by atoms with van der Waals surface area (Å²) in [6.45, 7) is 0. The standard InChI is InChI=1S/C17H14N4O3/c18-13-7-3-2-6-11(13)16(22)21-20-15(19)12-9-10-5-1-4-8-14(10)24-17(12)23/h1-9H,18H2,(H2,19,20)(H,21,22)/p+1. The highest BCUT2D eigenvalue weighted by atomic mass is 16.4. The van der Waals surface area contributed by atoms with E-state index in [0.717, 1.165) is 5.39 Å². The molecule has 1 heterocycles. The molecule has 24 heavy (non-hydrogen) atoms. The van der Waals surface area contributed by atoms with E-state index in [4.69, 9.17) is 15.9 Å². The highest BCUT2D eigenvalue weighted by Gasteiger charge is 2.15. The Labute approximate surface area is 136 Å². The van der Waals surface area contributed by atoms with Gasteiger partial charge >= 0.3 is 11.5 Å². The molecule has 1 aromatic heterocycles. The van der Waals surface area contributed by atoms with Gasteiger partial charge in [0.15, 0.2) is 5.56 Å². The van der Waals surface area contributed by atoms with Crippen molar-refractivity contribution in [2.24, 2.45) is 5.73 Å². The van der Waals surface area contributed by atoms with Gasteiger partial charge in [0.25, 0.3) is 5.91 Å². The number of hydrazone groups is 1. The third-order valence-corrected chi connectivity index (χ3v) is 3.45. The van der Waals surface area contributed by atoms with Gasteiger partial charge in [-0.2, -0.15) is 10.5 Å². The number of fused-ring (bicyclic) bond motifs is 1. The number of para-hydroxylation sites is 2. The Morgan fingerprint density at radius 3 is 2.54 bits per heavy atom. The van der Waals surface area contributed by atoms with Crippen molar-refractivity contribution in [3.63, 3.8) is 0 Å². The molecule has 0 bridgehead atoms. The van der Waals surface area contributed by atoms with Crippen LogP contribution in [0, 0.1) is 0 Å². The molecular weight excluding hydrogens is 308 g/mol. The minimum Gasteiger partial charge on any atom is -0.422 e. The minimum atomic E-state index is -0.604. The normalized spacial score (nSPS) is 11.4. The van der Waals surface area contributed by atoms with Crippen LogP contribution in [0.5, 0.6) is 0 Å². The average molecular weight is 323 g/mol. The SMILES string of the molecule is NC(=[NH+]NC(=O)c1ccccc1N)c1cc2ccccc2oc1=O. The molecule has 0 spiro atoms. The lowest BCUT2D eigenvalue weighted by Crippen LogP contribution is -2.86. The number of hydrogen-bond donors (Lipinski definition) is 4. The van der Waals surface area contributed by atoms with E-state index < -0.39 is 11.5 Å². The molecular formula is C17H15N4O3+. The Morgan fingerprint density at radius 1 is 1.04 bits per heavy atom. The van der Waals surface area contributed by atoms with E-state index >= 15 is 0 Å². The number of nitrogens with one attached hydrogen (secondary N) is 2. The lowest BCUT2D eigenvalue weighted by Gasteiger charge is -2.03. The third-order valence-electron chi connectivity index (χ3n) is 3.45. The van der Waals surface area contributed by atoms with E-state index in [1.165, 1.54) is 0 Å². The van der Waals surface area contributed by atoms with Crippen LogP contribution in [-0.4, -0.2) is 11.7 Å². The van der Waals surface area contributed by atoms with E-state index in [1.54, 1.807) is 48.5 Å². The van der Waals surface area contributed by atoms with Gasteiger partial charge in [0.2, 0.25) is 0 Å². The summed E-state index contributed by atoms with van der Waals surface area (Å²) >= 11 is 0. The number of carbonyl (C=O) groups excluding carboxylic acids is 1. The second-order valence-electron chi connectivity index (χ2n) is 5.07. The number of amidine groups is 1. The fraction of sp³-hybridized carbons (Fsp3) is 0. The first kappa shape index (κ1) is 15.3. The Hall–Kier alpha value is -3.61. The molecule has 2 aromatic carbocycles. The van der Waals surface area contributed by atoms with E-state index in [2.05, 4.69) is 10.5 Å². The lowest BCUT2D eigenvalue weighted by molar-refractivity contribution is -0.508. The van der Waals surface area contributed by atoms with Gasteiger partial charge in [0.05, 0.1) is 5.56 Å². The number of nitrogens with two attached hydrogens (primary N) is 2. The Balaban J connectivity index is 1.89. The minimum absolute atomic E-state index is 0.0302. The van der Waals surface area contributed by atoms with Gasteiger partial charge in [0.1, 0.15) is 5.58 Å². The zero-order valence-corrected chi connectivity index (χ0v) is 12.6. The summed E-state index contributed by atoms with van der Waals surface area (Å²) in [4.78, 5) is 24.1. The maximum atomic E-state index is 12.1. The van der Waals surface area contributed by atoms with Crippen LogP contribution >= 0.6 is 0 Å². The van der Waals surface area contributed by atoms with Crippen LogP contribution in [-0.2, 0) is 0 Å². The molecule has 3 aromatic rings. The monoisotopic (exact) mass is 323 g/mol. The number of hydrazine groups is 1. The molecule has 7 nitrogen and oxygen atoms in total. The number of amides is 1. The summed E-state index contributed by atoms with van der Waals surface area (Å²) in [5.41, 5.74) is 14.6. The number of carbonyl (C=O) groups is 1. The Morgan fingerprint density at radius 2 is 1.75 bits per heavy atom. The fourth-order valence-corrected chi connectivity index (χ4v) is 2.21. The maximum absolute atomic E-state index is 12.1. The number of rotatable bonds is 3. The smallest absolute Gasteiger partial charge is 0.352 e. The second kappa shape index (κ2) is 6.25. The van der Waals surface area contributed by atoms with Crippen molar-refractivity contribution in [2.45, 2.75) is 0 Å². The first-order valence-corrected chi connectivity index (χ1v) is 7.13. The quantitative estimate of drug-likeness (QED) is 0.170. The van der Waals surface area contributed by atoms with Gasteiger partial charge in [0, 0.05) is 11.1 Å². The molecule has 0 fully saturated rings. The molecule has 120 valence electrons. The summed E-state index contributed by atoms with van der Waals surface area (Å²) in [6, 6.07) is 15.2. The summed E-state index contributed by atoms with van der Waals surface area (Å²) in [6.07, 6.45) is 0. The average Bonchev–Trinajstić information content (AvgIpc) is 2.59. The van der Waals surface area contributed by atoms with E-state index in [9.17, 15) is 9.59 Å². The Kier molecular flexibility index (Phi) is 3.98. The van der Waals surface area contributed by atoms with E-state index in [0.29, 0.717) is 16.8 Å². The van der Waals surface area contributed by atoms with Crippen LogP contribution in [0.3, 0.4) is 0 Å². The van der Waals surface area contributed by atoms with Crippen LogP contribution in [0.15, 0.2) is 63.8 Å². The second-order valence-corrected chi connectivity index (χ2v) is 5.07. The lowest BCUT2D eigenvalue weighted by atomic mass is 10.2. The van der Waals surface area contributed by atoms with E-state index in [1.807, 2.05) is 6.07 Å². The first-order chi connectivity index (χ1) is 11.6. The van der Waals surface area contributed by atoms with Crippen LogP contribution in [0.4, 0.5) is 5.69 Å². The van der Waals surface area contributed by atoms with Gasteiger partial charge in [-0.25, -0.2) is 4.79 Å². The summed E-state index contributed by atoms with van der Waals surface area (Å²) < 4.78 is 5.20. The van der Waals surface area contributed by atoms with Crippen molar-refractivity contribution < 1.29 is 14.3 Å². The van der Waals surface area contributed by atoms with Gasteiger partial charge in [-0.3, -0.25) is 10.5 Å². The molecule has 3 rings (SSSR count). The fourth-order valence-electron chi connectivity index (χ4n) is 2.21. The van der Waals surface area contributed by atoms with Crippen molar-refractivity contribution in [1.29, 1.82) is 0 Å². The summed E-state index contributed by atoms with van der Waals surface area (Å²) in [5.74, 6) is -0.501. The van der Waals surface area contributed by atoms with Gasteiger partial charge < -0.3 is 10.2 Å². The molecule has 6 N–H and O–H groups in total. The predicted molar refractivity (Wildman–Crippen MR) is 90.1 cm³/mol. The summed E-state index contributed by atoms with van der Waals surface area (Å²) in [7, 11) is 0. The van der Waals surface area contributed by atoms with Crippen molar-refractivity contribution in [2.75, 3.05) is 5.73 Å². The van der Waals surface area contributed by atoms with Crippen LogP contribution in [0.2, 0.25) is 0 Å². The van der Waals surface area contributed by atoms with Gasteiger partial charge in [-0.05, 0) is 24.3 Å². The van der Waals surface area contributed by atoms with Gasteiger partial charge in [-0.1, -0.05) is 30.3 Å². The van der Waals surface area contributed by atoms with Crippen molar-refractivity contribution in [3.05, 3.63) is 76.1 Å². The molecule has 7 heteroatoms. The van der Waals surface area contributed by atoms with Crippen molar-refractivity contribution in [1.82, 2.24) is 5.43 Å². The van der Waals surface area contributed by atoms with Crippen LogP contribution < -0.4 is 27.6 Å². The highest BCUT2D eigenvalue weighted by molar-refractivity contribution is 5.99. The molecule has 0 unspecified atom stereocenters. The molecule has 0 aliphatic heterocycles. The molecule has 0 radical (unpaired) electrons. The molecule has 0 atom stereocenters. The molecule has 1 amide bonds. The van der Waals surface area contributed by atoms with Crippen LogP contribution in [0.1, 0.15) is 15.9 Å². The van der Waals surface area contributed by atoms with E-state index in [-0.39, 0.29) is 11.4 Å². The first-order valence-electron chi connectivity index (χ1n) is 7.13. The number of anilines is 1. The highest BCUT2D eigenvalue weighted by Crippen LogP contribution is 2.12. The summed E-state index contributed by atoms with van der Waals surface area (Å²) in [5, 5.41) is 3.23. The Bertz CT molecular complexity index is 1010. The molecule has 0 saturated carbocycles. The largest absolute Gasteiger partial charge is 0.422 e. The van der Waals surface area contributed by atoms with Crippen LogP contribution in [0.25, 0.3) is 11.0 Å². The van der Waals surface area contributed by atoms with Crippen molar-refractivity contribution in [3.8, 4) is 0 Å². The number of nitrogen functional groups attached to an aromatic ring is 2. The topological polar surface area (TPSA) is 125 Å². The predicted octanol–water partition coefficient (Wildman–Crippen LogP) is -0.494. The zero-order valence-electron chi connectivity index (χ0n) is 12.6. The van der Waals surface area contributed by atoms with Crippen molar-refractivity contribution >= 4 is 28.4 Å². The number of hydrogen-bond acceptors (Lipinski definition) is 4. The zero-order chi connectivity index (χ0) is 17.1. The third kappa shape index (κ3) is 2.95. The van der Waals surface area contributed by atoms with Gasteiger partial charge in [-0.15, -0.1) is 0 Å². The number of benzene rings is 2. The maximum Gasteiger partial charge on any atom is 0.352 e. The molecule has 0 aliphatic carbocycles.